The van der Waals surface area contributed by atoms with Gasteiger partial charge in [0.25, 0.3) is 5.91 Å². The minimum absolute atomic E-state index is 0.0235. The molecule has 1 aliphatic rings. The van der Waals surface area contributed by atoms with E-state index in [0.29, 0.717) is 37.2 Å². The van der Waals surface area contributed by atoms with Crippen LogP contribution in [-0.4, -0.2) is 29.9 Å². The zero-order valence-corrected chi connectivity index (χ0v) is 15.1. The first-order chi connectivity index (χ1) is 13.2. The number of nitriles is 1. The molecule has 5 heteroatoms. The van der Waals surface area contributed by atoms with Gasteiger partial charge >= 0.3 is 5.97 Å². The number of ether oxygens (including phenoxy) is 1. The summed E-state index contributed by atoms with van der Waals surface area (Å²) in [5, 5.41) is 8.84. The number of carbonyl (C=O) groups is 2. The van der Waals surface area contributed by atoms with E-state index in [9.17, 15) is 9.59 Å². The standard InChI is InChI=1S/C22H22N2O3/c23-15-18-6-8-20(9-7-18)22(26)24-12-10-17(11-13-24)14-21(25)27-16-19-4-2-1-3-5-19/h1-9,17H,10-14,16H2. The molecule has 1 aliphatic heterocycles. The monoisotopic (exact) mass is 362 g/mol. The van der Waals surface area contributed by atoms with Crippen molar-refractivity contribution in [3.8, 4) is 6.07 Å². The van der Waals surface area contributed by atoms with Gasteiger partial charge in [-0.1, -0.05) is 30.3 Å². The maximum absolute atomic E-state index is 12.5. The van der Waals surface area contributed by atoms with E-state index in [4.69, 9.17) is 10.00 Å². The van der Waals surface area contributed by atoms with Crippen molar-refractivity contribution < 1.29 is 14.3 Å². The third-order valence-electron chi connectivity index (χ3n) is 4.86. The van der Waals surface area contributed by atoms with E-state index in [-0.39, 0.29) is 17.8 Å². The lowest BCUT2D eigenvalue weighted by Gasteiger charge is -2.31. The molecule has 0 radical (unpaired) electrons. The number of piperidine rings is 1. The predicted octanol–water partition coefficient (Wildman–Crippen LogP) is 3.54. The molecule has 1 heterocycles. The first-order valence-corrected chi connectivity index (χ1v) is 9.14. The lowest BCUT2D eigenvalue weighted by molar-refractivity contribution is -0.146. The van der Waals surface area contributed by atoms with Crippen molar-refractivity contribution in [2.75, 3.05) is 13.1 Å². The fourth-order valence-corrected chi connectivity index (χ4v) is 3.24. The molecular weight excluding hydrogens is 340 g/mol. The summed E-state index contributed by atoms with van der Waals surface area (Å²) in [5.41, 5.74) is 2.11. The molecule has 2 aromatic rings. The molecule has 3 rings (SSSR count). The van der Waals surface area contributed by atoms with Crippen LogP contribution in [0.5, 0.6) is 0 Å². The summed E-state index contributed by atoms with van der Waals surface area (Å²) in [6, 6.07) is 18.4. The number of amides is 1. The van der Waals surface area contributed by atoms with Gasteiger partial charge in [0.1, 0.15) is 6.61 Å². The van der Waals surface area contributed by atoms with Gasteiger partial charge in [-0.15, -0.1) is 0 Å². The first-order valence-electron chi connectivity index (χ1n) is 9.14. The van der Waals surface area contributed by atoms with Crippen molar-refractivity contribution in [3.63, 3.8) is 0 Å². The normalized spacial score (nSPS) is 14.4. The average molecular weight is 362 g/mol. The van der Waals surface area contributed by atoms with Crippen LogP contribution >= 0.6 is 0 Å². The molecule has 1 fully saturated rings. The van der Waals surface area contributed by atoms with Gasteiger partial charge in [0.15, 0.2) is 0 Å². The summed E-state index contributed by atoms with van der Waals surface area (Å²) >= 11 is 0. The van der Waals surface area contributed by atoms with E-state index in [1.807, 2.05) is 41.3 Å². The molecule has 1 amide bonds. The number of carbonyl (C=O) groups excluding carboxylic acids is 2. The predicted molar refractivity (Wildman–Crippen MR) is 101 cm³/mol. The number of hydrogen-bond acceptors (Lipinski definition) is 4. The van der Waals surface area contributed by atoms with Gasteiger partial charge in [0.05, 0.1) is 11.6 Å². The van der Waals surface area contributed by atoms with Crippen LogP contribution in [0, 0.1) is 17.2 Å². The van der Waals surface area contributed by atoms with Gasteiger partial charge in [-0.2, -0.15) is 5.26 Å². The Kier molecular flexibility index (Phi) is 6.22. The number of rotatable bonds is 5. The van der Waals surface area contributed by atoms with E-state index in [1.165, 1.54) is 0 Å². The van der Waals surface area contributed by atoms with Crippen LogP contribution in [0.1, 0.15) is 40.7 Å². The Balaban J connectivity index is 1.43. The Labute approximate surface area is 159 Å². The highest BCUT2D eigenvalue weighted by atomic mass is 16.5. The molecule has 0 atom stereocenters. The van der Waals surface area contributed by atoms with Crippen LogP contribution in [0.3, 0.4) is 0 Å². The van der Waals surface area contributed by atoms with Gasteiger partial charge in [0.2, 0.25) is 0 Å². The molecule has 0 aromatic heterocycles. The summed E-state index contributed by atoms with van der Waals surface area (Å²) < 4.78 is 5.35. The fourth-order valence-electron chi connectivity index (χ4n) is 3.24. The van der Waals surface area contributed by atoms with Crippen LogP contribution in [-0.2, 0) is 16.1 Å². The van der Waals surface area contributed by atoms with Crippen LogP contribution < -0.4 is 0 Å². The van der Waals surface area contributed by atoms with Gasteiger partial charge in [-0.25, -0.2) is 0 Å². The van der Waals surface area contributed by atoms with E-state index >= 15 is 0 Å². The molecule has 5 nitrogen and oxygen atoms in total. The molecule has 138 valence electrons. The summed E-state index contributed by atoms with van der Waals surface area (Å²) in [4.78, 5) is 26.4. The number of nitrogens with zero attached hydrogens (tertiary/aromatic N) is 2. The second-order valence-electron chi connectivity index (χ2n) is 6.78. The lowest BCUT2D eigenvalue weighted by Crippen LogP contribution is -2.39. The molecule has 0 saturated carbocycles. The van der Waals surface area contributed by atoms with Crippen molar-refractivity contribution in [1.82, 2.24) is 4.90 Å². The van der Waals surface area contributed by atoms with E-state index in [0.717, 1.165) is 18.4 Å². The molecular formula is C22H22N2O3. The minimum Gasteiger partial charge on any atom is -0.461 e. The minimum atomic E-state index is -0.185. The van der Waals surface area contributed by atoms with Crippen LogP contribution in [0.4, 0.5) is 0 Å². The van der Waals surface area contributed by atoms with Crippen molar-refractivity contribution in [3.05, 3.63) is 71.3 Å². The Morgan fingerprint density at radius 3 is 2.33 bits per heavy atom. The molecule has 1 saturated heterocycles. The van der Waals surface area contributed by atoms with Crippen molar-refractivity contribution in [1.29, 1.82) is 5.26 Å². The fraction of sp³-hybridized carbons (Fsp3) is 0.318. The second kappa shape index (κ2) is 9.00. The smallest absolute Gasteiger partial charge is 0.306 e. The number of hydrogen-bond donors (Lipinski definition) is 0. The molecule has 0 bridgehead atoms. The molecule has 0 aliphatic carbocycles. The Hall–Kier alpha value is -3.13. The highest BCUT2D eigenvalue weighted by Gasteiger charge is 2.25. The third kappa shape index (κ3) is 5.18. The highest BCUT2D eigenvalue weighted by molar-refractivity contribution is 5.94. The zero-order chi connectivity index (χ0) is 19.1. The highest BCUT2D eigenvalue weighted by Crippen LogP contribution is 2.22. The van der Waals surface area contributed by atoms with Gasteiger partial charge < -0.3 is 9.64 Å². The lowest BCUT2D eigenvalue weighted by atomic mass is 9.93. The third-order valence-corrected chi connectivity index (χ3v) is 4.86. The van der Waals surface area contributed by atoms with E-state index in [1.54, 1.807) is 24.3 Å². The van der Waals surface area contributed by atoms with Crippen molar-refractivity contribution in [2.24, 2.45) is 5.92 Å². The molecule has 0 spiro atoms. The summed E-state index contributed by atoms with van der Waals surface area (Å²) in [7, 11) is 0. The van der Waals surface area contributed by atoms with Crippen LogP contribution in [0.25, 0.3) is 0 Å². The largest absolute Gasteiger partial charge is 0.461 e. The number of esters is 1. The van der Waals surface area contributed by atoms with E-state index < -0.39 is 0 Å². The molecule has 27 heavy (non-hydrogen) atoms. The Morgan fingerprint density at radius 1 is 1.04 bits per heavy atom. The SMILES string of the molecule is N#Cc1ccc(C(=O)N2CCC(CC(=O)OCc3ccccc3)CC2)cc1. The zero-order valence-electron chi connectivity index (χ0n) is 15.1. The molecule has 0 N–H and O–H groups in total. The first kappa shape index (κ1) is 18.7. The second-order valence-corrected chi connectivity index (χ2v) is 6.78. The Bertz CT molecular complexity index is 817. The van der Waals surface area contributed by atoms with Crippen LogP contribution in [0.2, 0.25) is 0 Å². The summed E-state index contributed by atoms with van der Waals surface area (Å²) in [6.45, 7) is 1.57. The van der Waals surface area contributed by atoms with Gasteiger partial charge in [-0.05, 0) is 48.6 Å². The Morgan fingerprint density at radius 2 is 1.70 bits per heavy atom. The topological polar surface area (TPSA) is 70.4 Å². The molecule has 2 aromatic carbocycles. The van der Waals surface area contributed by atoms with Crippen molar-refractivity contribution >= 4 is 11.9 Å². The van der Waals surface area contributed by atoms with Crippen molar-refractivity contribution in [2.45, 2.75) is 25.9 Å². The summed E-state index contributed by atoms with van der Waals surface area (Å²) in [6.07, 6.45) is 1.98. The quantitative estimate of drug-likeness (QED) is 0.763. The maximum Gasteiger partial charge on any atom is 0.306 e. The number of likely N-dealkylation sites (tertiary alicyclic amines) is 1. The van der Waals surface area contributed by atoms with E-state index in [2.05, 4.69) is 0 Å². The maximum atomic E-state index is 12.5. The average Bonchev–Trinajstić information content (AvgIpc) is 2.73. The molecule has 0 unspecified atom stereocenters. The number of benzene rings is 2. The van der Waals surface area contributed by atoms with Gasteiger partial charge in [-0.3, -0.25) is 9.59 Å². The summed E-state index contributed by atoms with van der Waals surface area (Å²) in [5.74, 6) is 0.0404. The van der Waals surface area contributed by atoms with Gasteiger partial charge in [0, 0.05) is 25.1 Å². The van der Waals surface area contributed by atoms with Crippen LogP contribution in [0.15, 0.2) is 54.6 Å².